The largest absolute Gasteiger partial charge is 0.444 e. The van der Waals surface area contributed by atoms with Crippen LogP contribution in [0.25, 0.3) is 0 Å². The summed E-state index contributed by atoms with van der Waals surface area (Å²) in [6.07, 6.45) is 0.800. The Balaban J connectivity index is 2.59. The van der Waals surface area contributed by atoms with E-state index in [4.69, 9.17) is 4.74 Å². The lowest BCUT2D eigenvalue weighted by Gasteiger charge is -2.29. The Morgan fingerprint density at radius 1 is 1.41 bits per heavy atom. The standard InChI is InChI=1S/C13H26N2O2/c1-10(2)11-9-15(8-6-7-14-11)12(16)17-13(3,4)5/h10-11,14H,6-9H2,1-5H3/t11-/m0/s1. The summed E-state index contributed by atoms with van der Waals surface area (Å²) in [5.74, 6) is 0.526. The summed E-state index contributed by atoms with van der Waals surface area (Å²) in [5, 5.41) is 3.48. The van der Waals surface area contributed by atoms with Gasteiger partial charge in [0.05, 0.1) is 0 Å². The van der Waals surface area contributed by atoms with Gasteiger partial charge in [0.2, 0.25) is 0 Å². The number of rotatable bonds is 1. The fourth-order valence-electron chi connectivity index (χ4n) is 1.89. The van der Waals surface area contributed by atoms with Crippen LogP contribution in [0, 0.1) is 5.92 Å². The molecule has 1 aliphatic rings. The topological polar surface area (TPSA) is 41.6 Å². The monoisotopic (exact) mass is 242 g/mol. The Morgan fingerprint density at radius 2 is 2.06 bits per heavy atom. The molecule has 1 N–H and O–H groups in total. The zero-order valence-corrected chi connectivity index (χ0v) is 11.7. The second-order valence-electron chi connectivity index (χ2n) is 6.08. The highest BCUT2D eigenvalue weighted by Crippen LogP contribution is 2.14. The molecule has 1 fully saturated rings. The van der Waals surface area contributed by atoms with E-state index >= 15 is 0 Å². The van der Waals surface area contributed by atoms with Gasteiger partial charge in [-0.05, 0) is 39.7 Å². The maximum absolute atomic E-state index is 12.0. The number of ether oxygens (including phenoxy) is 1. The molecule has 4 heteroatoms. The van der Waals surface area contributed by atoms with Gasteiger partial charge in [-0.15, -0.1) is 0 Å². The van der Waals surface area contributed by atoms with E-state index in [0.29, 0.717) is 12.0 Å². The van der Waals surface area contributed by atoms with Crippen molar-refractivity contribution < 1.29 is 9.53 Å². The molecule has 0 spiro atoms. The Morgan fingerprint density at radius 3 is 2.59 bits per heavy atom. The van der Waals surface area contributed by atoms with Gasteiger partial charge in [-0.2, -0.15) is 0 Å². The van der Waals surface area contributed by atoms with Gasteiger partial charge in [0.1, 0.15) is 5.60 Å². The van der Waals surface area contributed by atoms with Gasteiger partial charge in [-0.1, -0.05) is 13.8 Å². The molecule has 0 bridgehead atoms. The molecule has 0 unspecified atom stereocenters. The molecule has 1 rings (SSSR count). The summed E-state index contributed by atoms with van der Waals surface area (Å²) in [4.78, 5) is 13.8. The summed E-state index contributed by atoms with van der Waals surface area (Å²) < 4.78 is 5.42. The number of hydrogen-bond acceptors (Lipinski definition) is 3. The predicted octanol–water partition coefficient (Wildman–Crippen LogP) is 2.24. The SMILES string of the molecule is CC(C)[C@@H]1CN(C(=O)OC(C)(C)C)CCCN1. The Kier molecular flexibility index (Phi) is 4.80. The minimum Gasteiger partial charge on any atom is -0.444 e. The van der Waals surface area contributed by atoms with Gasteiger partial charge >= 0.3 is 6.09 Å². The smallest absolute Gasteiger partial charge is 0.410 e. The average Bonchev–Trinajstić information content (AvgIpc) is 2.39. The molecule has 1 heterocycles. The molecule has 17 heavy (non-hydrogen) atoms. The molecule has 1 aliphatic heterocycles. The summed E-state index contributed by atoms with van der Waals surface area (Å²) >= 11 is 0. The van der Waals surface area contributed by atoms with E-state index in [1.165, 1.54) is 0 Å². The number of carbonyl (C=O) groups excluding carboxylic acids is 1. The van der Waals surface area contributed by atoms with Gasteiger partial charge in [-0.25, -0.2) is 4.79 Å². The normalized spacial score (nSPS) is 22.5. The molecular formula is C13H26N2O2. The van der Waals surface area contributed by atoms with Crippen LogP contribution in [-0.4, -0.2) is 42.3 Å². The van der Waals surface area contributed by atoms with Gasteiger partial charge in [0, 0.05) is 19.1 Å². The summed E-state index contributed by atoms with van der Waals surface area (Å²) in [6, 6.07) is 0.366. The van der Waals surface area contributed by atoms with Gasteiger partial charge in [0.25, 0.3) is 0 Å². The molecule has 0 aromatic carbocycles. The highest BCUT2D eigenvalue weighted by Gasteiger charge is 2.27. The van der Waals surface area contributed by atoms with Crippen molar-refractivity contribution in [2.75, 3.05) is 19.6 Å². The van der Waals surface area contributed by atoms with E-state index in [-0.39, 0.29) is 6.09 Å². The van der Waals surface area contributed by atoms with E-state index in [1.807, 2.05) is 25.7 Å². The molecule has 100 valence electrons. The van der Waals surface area contributed by atoms with Crippen molar-refractivity contribution >= 4 is 6.09 Å². The molecule has 0 aromatic rings. The quantitative estimate of drug-likeness (QED) is 0.766. The molecule has 0 saturated carbocycles. The maximum atomic E-state index is 12.0. The zero-order valence-electron chi connectivity index (χ0n) is 11.7. The van der Waals surface area contributed by atoms with Gasteiger partial charge in [-0.3, -0.25) is 0 Å². The molecule has 1 atom stereocenters. The van der Waals surface area contributed by atoms with Crippen LogP contribution in [-0.2, 0) is 4.74 Å². The molecule has 0 aliphatic carbocycles. The van der Waals surface area contributed by atoms with Gasteiger partial charge < -0.3 is 15.0 Å². The number of hydrogen-bond donors (Lipinski definition) is 1. The minimum absolute atomic E-state index is 0.188. The first-order chi connectivity index (χ1) is 7.79. The fourth-order valence-corrected chi connectivity index (χ4v) is 1.89. The maximum Gasteiger partial charge on any atom is 0.410 e. The Bertz CT molecular complexity index is 259. The highest BCUT2D eigenvalue weighted by molar-refractivity contribution is 5.68. The Hall–Kier alpha value is -0.770. The Labute approximate surface area is 105 Å². The van der Waals surface area contributed by atoms with Crippen molar-refractivity contribution in [2.24, 2.45) is 5.92 Å². The van der Waals surface area contributed by atoms with Crippen LogP contribution in [0.1, 0.15) is 41.0 Å². The number of carbonyl (C=O) groups is 1. The van der Waals surface area contributed by atoms with Crippen molar-refractivity contribution in [1.29, 1.82) is 0 Å². The van der Waals surface area contributed by atoms with E-state index < -0.39 is 5.60 Å². The average molecular weight is 242 g/mol. The van der Waals surface area contributed by atoms with Crippen LogP contribution in [0.15, 0.2) is 0 Å². The second-order valence-corrected chi connectivity index (χ2v) is 6.08. The number of nitrogens with one attached hydrogen (secondary N) is 1. The lowest BCUT2D eigenvalue weighted by molar-refractivity contribution is 0.0240. The van der Waals surface area contributed by atoms with Gasteiger partial charge in [0.15, 0.2) is 0 Å². The van der Waals surface area contributed by atoms with Crippen molar-refractivity contribution in [1.82, 2.24) is 10.2 Å². The molecular weight excluding hydrogens is 216 g/mol. The first-order valence-electron chi connectivity index (χ1n) is 6.51. The summed E-state index contributed by atoms with van der Waals surface area (Å²) in [7, 11) is 0. The lowest BCUT2D eigenvalue weighted by atomic mass is 10.0. The van der Waals surface area contributed by atoms with E-state index in [2.05, 4.69) is 19.2 Å². The van der Waals surface area contributed by atoms with Crippen molar-refractivity contribution in [2.45, 2.75) is 52.7 Å². The molecule has 1 amide bonds. The molecule has 0 radical (unpaired) electrons. The minimum atomic E-state index is -0.413. The fraction of sp³-hybridized carbons (Fsp3) is 0.923. The number of amides is 1. The summed E-state index contributed by atoms with van der Waals surface area (Å²) in [6.45, 7) is 12.6. The van der Waals surface area contributed by atoms with E-state index in [0.717, 1.165) is 26.1 Å². The molecule has 1 saturated heterocycles. The van der Waals surface area contributed by atoms with Crippen LogP contribution >= 0.6 is 0 Å². The van der Waals surface area contributed by atoms with Crippen LogP contribution in [0.3, 0.4) is 0 Å². The van der Waals surface area contributed by atoms with Crippen LogP contribution in [0.5, 0.6) is 0 Å². The van der Waals surface area contributed by atoms with Crippen molar-refractivity contribution in [3.63, 3.8) is 0 Å². The highest BCUT2D eigenvalue weighted by atomic mass is 16.6. The zero-order chi connectivity index (χ0) is 13.1. The number of nitrogens with zero attached hydrogens (tertiary/aromatic N) is 1. The van der Waals surface area contributed by atoms with E-state index in [1.54, 1.807) is 0 Å². The van der Waals surface area contributed by atoms with Crippen LogP contribution < -0.4 is 5.32 Å². The molecule has 0 aromatic heterocycles. The second kappa shape index (κ2) is 5.71. The lowest BCUT2D eigenvalue weighted by Crippen LogP contribution is -2.45. The first kappa shape index (κ1) is 14.3. The van der Waals surface area contributed by atoms with Crippen LogP contribution in [0.4, 0.5) is 4.79 Å². The third kappa shape index (κ3) is 4.94. The van der Waals surface area contributed by atoms with Crippen molar-refractivity contribution in [3.8, 4) is 0 Å². The van der Waals surface area contributed by atoms with Crippen LogP contribution in [0.2, 0.25) is 0 Å². The third-order valence-corrected chi connectivity index (χ3v) is 2.88. The predicted molar refractivity (Wildman–Crippen MR) is 69.1 cm³/mol. The summed E-state index contributed by atoms with van der Waals surface area (Å²) in [5.41, 5.74) is -0.413. The van der Waals surface area contributed by atoms with E-state index in [9.17, 15) is 4.79 Å². The molecule has 4 nitrogen and oxygen atoms in total. The van der Waals surface area contributed by atoms with Crippen molar-refractivity contribution in [3.05, 3.63) is 0 Å². The first-order valence-corrected chi connectivity index (χ1v) is 6.51. The third-order valence-electron chi connectivity index (χ3n) is 2.88.